The van der Waals surface area contributed by atoms with E-state index in [9.17, 15) is 4.79 Å². The zero-order valence-electron chi connectivity index (χ0n) is 14.3. The van der Waals surface area contributed by atoms with Crippen molar-refractivity contribution in [2.24, 2.45) is 0 Å². The highest BCUT2D eigenvalue weighted by molar-refractivity contribution is 5.67. The zero-order chi connectivity index (χ0) is 17.6. The maximum Gasteiger partial charge on any atom is 0.407 e. The Morgan fingerprint density at radius 1 is 1.29 bits per heavy atom. The molecule has 0 aliphatic heterocycles. The Hall–Kier alpha value is -2.70. The molecule has 1 aromatic heterocycles. The lowest BCUT2D eigenvalue weighted by atomic mass is 10.1. The molecule has 2 rings (SSSR count). The summed E-state index contributed by atoms with van der Waals surface area (Å²) in [5.74, 6) is 1.65. The van der Waals surface area contributed by atoms with Crippen molar-refractivity contribution in [1.82, 2.24) is 10.5 Å². The summed E-state index contributed by atoms with van der Waals surface area (Å²) in [5.41, 5.74) is 0.312. The van der Waals surface area contributed by atoms with E-state index < -0.39 is 11.7 Å². The SMILES string of the molecule is COc1cccc(-c2cc(OCCNC(=O)OC(C)(C)C)no2)c1. The van der Waals surface area contributed by atoms with Gasteiger partial charge >= 0.3 is 6.09 Å². The molecule has 0 radical (unpaired) electrons. The minimum atomic E-state index is -0.525. The second-order valence-electron chi connectivity index (χ2n) is 6.04. The number of aromatic nitrogens is 1. The molecule has 0 saturated heterocycles. The number of benzene rings is 1. The van der Waals surface area contributed by atoms with Crippen LogP contribution in [0.1, 0.15) is 20.8 Å². The Labute approximate surface area is 140 Å². The molecule has 0 unspecified atom stereocenters. The first-order valence-electron chi connectivity index (χ1n) is 7.58. The van der Waals surface area contributed by atoms with Crippen LogP contribution in [0.25, 0.3) is 11.3 Å². The molecular formula is C17H22N2O5. The van der Waals surface area contributed by atoms with E-state index in [1.54, 1.807) is 33.9 Å². The van der Waals surface area contributed by atoms with Crippen molar-refractivity contribution in [3.63, 3.8) is 0 Å². The zero-order valence-corrected chi connectivity index (χ0v) is 14.3. The van der Waals surface area contributed by atoms with Crippen molar-refractivity contribution in [3.05, 3.63) is 30.3 Å². The molecule has 0 saturated carbocycles. The molecule has 0 aliphatic rings. The Bertz CT molecular complexity index is 676. The van der Waals surface area contributed by atoms with Crippen LogP contribution >= 0.6 is 0 Å². The molecule has 0 aliphatic carbocycles. The summed E-state index contributed by atoms with van der Waals surface area (Å²) in [4.78, 5) is 11.5. The largest absolute Gasteiger partial charge is 0.497 e. The number of nitrogens with zero attached hydrogens (tertiary/aromatic N) is 1. The van der Waals surface area contributed by atoms with Gasteiger partial charge in [-0.1, -0.05) is 12.1 Å². The van der Waals surface area contributed by atoms with Gasteiger partial charge in [0.05, 0.1) is 13.7 Å². The fourth-order valence-electron chi connectivity index (χ4n) is 1.86. The molecule has 1 N–H and O–H groups in total. The van der Waals surface area contributed by atoms with Gasteiger partial charge in [0.15, 0.2) is 5.76 Å². The van der Waals surface area contributed by atoms with E-state index in [0.717, 1.165) is 11.3 Å². The maximum atomic E-state index is 11.5. The molecule has 7 heteroatoms. The summed E-state index contributed by atoms with van der Waals surface area (Å²) in [6.45, 7) is 5.97. The number of methoxy groups -OCH3 is 1. The van der Waals surface area contributed by atoms with Gasteiger partial charge in [0.1, 0.15) is 18.0 Å². The Morgan fingerprint density at radius 3 is 2.79 bits per heavy atom. The van der Waals surface area contributed by atoms with Gasteiger partial charge in [0.2, 0.25) is 0 Å². The molecule has 0 bridgehead atoms. The first-order valence-corrected chi connectivity index (χ1v) is 7.58. The lowest BCUT2D eigenvalue weighted by Crippen LogP contribution is -2.34. The average molecular weight is 334 g/mol. The third-order valence-corrected chi connectivity index (χ3v) is 2.86. The van der Waals surface area contributed by atoms with Crippen LogP contribution < -0.4 is 14.8 Å². The van der Waals surface area contributed by atoms with Gasteiger partial charge in [0.25, 0.3) is 5.88 Å². The van der Waals surface area contributed by atoms with E-state index in [-0.39, 0.29) is 6.61 Å². The summed E-state index contributed by atoms with van der Waals surface area (Å²) in [6.07, 6.45) is -0.483. The fraction of sp³-hybridized carbons (Fsp3) is 0.412. The highest BCUT2D eigenvalue weighted by atomic mass is 16.6. The number of alkyl carbamates (subject to hydrolysis) is 1. The van der Waals surface area contributed by atoms with Gasteiger partial charge in [-0.05, 0) is 38.1 Å². The van der Waals surface area contributed by atoms with Crippen molar-refractivity contribution in [2.75, 3.05) is 20.3 Å². The van der Waals surface area contributed by atoms with E-state index in [2.05, 4.69) is 10.5 Å². The maximum absolute atomic E-state index is 11.5. The number of rotatable bonds is 6. The molecule has 1 aromatic carbocycles. The van der Waals surface area contributed by atoms with Crippen LogP contribution in [0.2, 0.25) is 0 Å². The minimum absolute atomic E-state index is 0.253. The number of carbonyl (C=O) groups excluding carboxylic acids is 1. The number of hydrogen-bond donors (Lipinski definition) is 1. The quantitative estimate of drug-likeness (QED) is 0.817. The number of nitrogens with one attached hydrogen (secondary N) is 1. The molecule has 7 nitrogen and oxygen atoms in total. The predicted octanol–water partition coefficient (Wildman–Crippen LogP) is 3.25. The van der Waals surface area contributed by atoms with Crippen molar-refractivity contribution in [3.8, 4) is 23.0 Å². The van der Waals surface area contributed by atoms with Crippen LogP contribution in [0.4, 0.5) is 4.79 Å². The highest BCUT2D eigenvalue weighted by Crippen LogP contribution is 2.26. The standard InChI is InChI=1S/C17H22N2O5/c1-17(2,3)23-16(20)18-8-9-22-15-11-14(24-19-15)12-6-5-7-13(10-12)21-4/h5-7,10-11H,8-9H2,1-4H3,(H,18,20). The van der Waals surface area contributed by atoms with Gasteiger partial charge in [-0.3, -0.25) is 0 Å². The minimum Gasteiger partial charge on any atom is -0.497 e. The topological polar surface area (TPSA) is 82.8 Å². The second-order valence-corrected chi connectivity index (χ2v) is 6.04. The number of ether oxygens (including phenoxy) is 3. The van der Waals surface area contributed by atoms with Crippen LogP contribution in [-0.2, 0) is 4.74 Å². The van der Waals surface area contributed by atoms with E-state index in [1.165, 1.54) is 0 Å². The van der Waals surface area contributed by atoms with Crippen molar-refractivity contribution < 1.29 is 23.5 Å². The summed E-state index contributed by atoms with van der Waals surface area (Å²) < 4.78 is 21.0. The second kappa shape index (κ2) is 7.72. The van der Waals surface area contributed by atoms with Crippen LogP contribution in [0.3, 0.4) is 0 Å². The Kier molecular flexibility index (Phi) is 5.68. The van der Waals surface area contributed by atoms with Crippen LogP contribution in [-0.4, -0.2) is 37.1 Å². The van der Waals surface area contributed by atoms with Gasteiger partial charge in [-0.15, -0.1) is 0 Å². The van der Waals surface area contributed by atoms with Gasteiger partial charge in [0, 0.05) is 11.6 Å². The number of carbonyl (C=O) groups is 1. The van der Waals surface area contributed by atoms with Crippen LogP contribution in [0.15, 0.2) is 34.9 Å². The normalized spacial score (nSPS) is 11.0. The van der Waals surface area contributed by atoms with Gasteiger partial charge in [-0.25, -0.2) is 4.79 Å². The molecule has 2 aromatic rings. The number of hydrogen-bond acceptors (Lipinski definition) is 6. The molecular weight excluding hydrogens is 312 g/mol. The first kappa shape index (κ1) is 17.7. The van der Waals surface area contributed by atoms with Gasteiger partial charge in [-0.2, -0.15) is 0 Å². The van der Waals surface area contributed by atoms with E-state index in [1.807, 2.05) is 24.3 Å². The first-order chi connectivity index (χ1) is 11.4. The average Bonchev–Trinajstić information content (AvgIpc) is 2.99. The predicted molar refractivity (Wildman–Crippen MR) is 88.2 cm³/mol. The summed E-state index contributed by atoms with van der Waals surface area (Å²) in [6, 6.07) is 9.12. The van der Waals surface area contributed by atoms with E-state index in [4.69, 9.17) is 18.7 Å². The molecule has 1 heterocycles. The van der Waals surface area contributed by atoms with Crippen molar-refractivity contribution in [2.45, 2.75) is 26.4 Å². The molecule has 0 spiro atoms. The molecule has 1 amide bonds. The van der Waals surface area contributed by atoms with Crippen molar-refractivity contribution in [1.29, 1.82) is 0 Å². The summed E-state index contributed by atoms with van der Waals surface area (Å²) in [7, 11) is 1.60. The summed E-state index contributed by atoms with van der Waals surface area (Å²) in [5, 5.41) is 6.44. The molecule has 24 heavy (non-hydrogen) atoms. The van der Waals surface area contributed by atoms with Crippen LogP contribution in [0, 0.1) is 0 Å². The smallest absolute Gasteiger partial charge is 0.407 e. The molecule has 0 fully saturated rings. The van der Waals surface area contributed by atoms with Gasteiger partial charge < -0.3 is 24.1 Å². The van der Waals surface area contributed by atoms with Crippen molar-refractivity contribution >= 4 is 6.09 Å². The lowest BCUT2D eigenvalue weighted by molar-refractivity contribution is 0.0519. The summed E-state index contributed by atoms with van der Waals surface area (Å²) >= 11 is 0. The Morgan fingerprint density at radius 2 is 2.08 bits per heavy atom. The third-order valence-electron chi connectivity index (χ3n) is 2.86. The number of amides is 1. The fourth-order valence-corrected chi connectivity index (χ4v) is 1.86. The highest BCUT2D eigenvalue weighted by Gasteiger charge is 2.15. The molecule has 0 atom stereocenters. The Balaban J connectivity index is 1.81. The van der Waals surface area contributed by atoms with E-state index >= 15 is 0 Å². The van der Waals surface area contributed by atoms with E-state index in [0.29, 0.717) is 18.2 Å². The monoisotopic (exact) mass is 334 g/mol. The third kappa shape index (κ3) is 5.49. The molecule has 130 valence electrons. The van der Waals surface area contributed by atoms with Crippen LogP contribution in [0.5, 0.6) is 11.6 Å². The lowest BCUT2D eigenvalue weighted by Gasteiger charge is -2.19.